The summed E-state index contributed by atoms with van der Waals surface area (Å²) in [5, 5.41) is 36.3. The van der Waals surface area contributed by atoms with Gasteiger partial charge in [-0.15, -0.1) is 0 Å². The van der Waals surface area contributed by atoms with Crippen LogP contribution in [0.4, 0.5) is 34.3 Å². The number of anilines is 4. The van der Waals surface area contributed by atoms with Gasteiger partial charge in [-0.2, -0.15) is 0 Å². The highest BCUT2D eigenvalue weighted by Crippen LogP contribution is 2.40. The molecule has 0 amide bonds. The number of nitrogens with one attached hydrogen (secondary N) is 2. The summed E-state index contributed by atoms with van der Waals surface area (Å²) in [6.07, 6.45) is 1.52. The molecule has 2 aromatic carbocycles. The fourth-order valence-electron chi connectivity index (χ4n) is 2.92. The summed E-state index contributed by atoms with van der Waals surface area (Å²) >= 11 is 0. The lowest BCUT2D eigenvalue weighted by Crippen LogP contribution is -2.03. The minimum atomic E-state index is -0.628. The third-order valence-electron chi connectivity index (χ3n) is 4.29. The van der Waals surface area contributed by atoms with Crippen LogP contribution in [0.1, 0.15) is 0 Å². The van der Waals surface area contributed by atoms with E-state index in [0.29, 0.717) is 11.6 Å². The van der Waals surface area contributed by atoms with Crippen LogP contribution in [0.5, 0.6) is 5.75 Å². The van der Waals surface area contributed by atoms with Gasteiger partial charge in [0.05, 0.1) is 28.7 Å². The molecule has 156 valence electrons. The van der Waals surface area contributed by atoms with Crippen molar-refractivity contribution in [3.8, 4) is 5.75 Å². The first-order valence-corrected chi connectivity index (χ1v) is 8.69. The zero-order chi connectivity index (χ0) is 22.0. The normalized spacial score (nSPS) is 10.6. The maximum atomic E-state index is 11.7. The number of nitro benzene ring substituents is 2. The van der Waals surface area contributed by atoms with Gasteiger partial charge in [0.1, 0.15) is 22.9 Å². The third kappa shape index (κ3) is 3.74. The molecule has 13 heteroatoms. The number of pyridine rings is 1. The molecule has 0 aliphatic carbocycles. The van der Waals surface area contributed by atoms with Gasteiger partial charge in [0.15, 0.2) is 5.52 Å². The lowest BCUT2D eigenvalue weighted by Gasteiger charge is -2.11. The van der Waals surface area contributed by atoms with Crippen LogP contribution in [0.25, 0.3) is 11.0 Å². The van der Waals surface area contributed by atoms with Crippen LogP contribution in [0.3, 0.4) is 0 Å². The van der Waals surface area contributed by atoms with E-state index < -0.39 is 9.85 Å². The number of aromatic nitrogens is 3. The van der Waals surface area contributed by atoms with E-state index in [4.69, 9.17) is 9.37 Å². The van der Waals surface area contributed by atoms with Gasteiger partial charge >= 0.3 is 5.69 Å². The van der Waals surface area contributed by atoms with E-state index in [2.05, 4.69) is 25.9 Å². The van der Waals surface area contributed by atoms with Crippen LogP contribution in [0.2, 0.25) is 0 Å². The molecule has 4 rings (SSSR count). The second-order valence-electron chi connectivity index (χ2n) is 6.14. The Kier molecular flexibility index (Phi) is 4.97. The third-order valence-corrected chi connectivity index (χ3v) is 4.29. The molecular weight excluding hydrogens is 410 g/mol. The van der Waals surface area contributed by atoms with Crippen molar-refractivity contribution in [1.29, 1.82) is 0 Å². The molecule has 0 saturated carbocycles. The Morgan fingerprint density at radius 2 is 1.74 bits per heavy atom. The molecule has 0 unspecified atom stereocenters. The van der Waals surface area contributed by atoms with E-state index in [9.17, 15) is 20.2 Å². The molecule has 0 spiro atoms. The minimum absolute atomic E-state index is 0.0309. The summed E-state index contributed by atoms with van der Waals surface area (Å²) in [6.45, 7) is 0. The van der Waals surface area contributed by atoms with Crippen molar-refractivity contribution in [3.63, 3.8) is 0 Å². The molecule has 2 N–H and O–H groups in total. The fraction of sp³-hybridized carbons (Fsp3) is 0.0556. The van der Waals surface area contributed by atoms with Crippen molar-refractivity contribution < 1.29 is 19.2 Å². The predicted octanol–water partition coefficient (Wildman–Crippen LogP) is 3.93. The predicted molar refractivity (Wildman–Crippen MR) is 109 cm³/mol. The Balaban J connectivity index is 1.86. The highest BCUT2D eigenvalue weighted by Gasteiger charge is 2.27. The maximum Gasteiger partial charge on any atom is 0.324 e. The smallest absolute Gasteiger partial charge is 0.324 e. The van der Waals surface area contributed by atoms with E-state index >= 15 is 0 Å². The Labute approximate surface area is 172 Å². The molecule has 31 heavy (non-hydrogen) atoms. The molecule has 2 aromatic heterocycles. The Bertz CT molecular complexity index is 1290. The standard InChI is InChI=1S/C18H13N7O6/c1-30-10-5-6-11(14(8-10)24(26)27)20-12-9-13(21-15-4-2-3-7-19-15)18(25(28)29)17-16(12)22-31-23-17/h2-9,20H,1H3,(H,19,21). The van der Waals surface area contributed by atoms with Crippen LogP contribution >= 0.6 is 0 Å². The number of methoxy groups -OCH3 is 1. The number of nitro groups is 2. The summed E-state index contributed by atoms with van der Waals surface area (Å²) in [5.41, 5.74) is -0.377. The van der Waals surface area contributed by atoms with Gasteiger partial charge in [0.2, 0.25) is 5.52 Å². The number of hydrogen-bond donors (Lipinski definition) is 2. The number of rotatable bonds is 7. The second kappa shape index (κ2) is 7.90. The summed E-state index contributed by atoms with van der Waals surface area (Å²) in [6, 6.07) is 10.6. The first kappa shape index (κ1) is 19.5. The van der Waals surface area contributed by atoms with Crippen molar-refractivity contribution in [3.05, 3.63) is 68.9 Å². The van der Waals surface area contributed by atoms with Crippen molar-refractivity contribution in [1.82, 2.24) is 15.3 Å². The van der Waals surface area contributed by atoms with Crippen LogP contribution in [-0.4, -0.2) is 32.3 Å². The first-order valence-electron chi connectivity index (χ1n) is 8.69. The van der Waals surface area contributed by atoms with E-state index in [-0.39, 0.29) is 39.5 Å². The zero-order valence-electron chi connectivity index (χ0n) is 15.8. The van der Waals surface area contributed by atoms with E-state index in [1.165, 1.54) is 37.6 Å². The number of fused-ring (bicyclic) bond motifs is 1. The zero-order valence-corrected chi connectivity index (χ0v) is 15.8. The van der Waals surface area contributed by atoms with E-state index in [1.54, 1.807) is 18.2 Å². The second-order valence-corrected chi connectivity index (χ2v) is 6.14. The van der Waals surface area contributed by atoms with Gasteiger partial charge < -0.3 is 15.4 Å². The first-order chi connectivity index (χ1) is 15.0. The highest BCUT2D eigenvalue weighted by atomic mass is 16.6. The van der Waals surface area contributed by atoms with E-state index in [0.717, 1.165) is 0 Å². The average molecular weight is 423 g/mol. The van der Waals surface area contributed by atoms with Crippen LogP contribution in [-0.2, 0) is 0 Å². The van der Waals surface area contributed by atoms with Crippen molar-refractivity contribution in [2.45, 2.75) is 0 Å². The summed E-state index contributed by atoms with van der Waals surface area (Å²) in [5.74, 6) is 0.648. The lowest BCUT2D eigenvalue weighted by molar-refractivity contribution is -0.384. The SMILES string of the molecule is COc1ccc(Nc2cc(Nc3ccccn3)c([N+](=O)[O-])c3nonc23)c([N+](=O)[O-])c1. The maximum absolute atomic E-state index is 11.7. The number of nitrogens with zero attached hydrogens (tertiary/aromatic N) is 5. The van der Waals surface area contributed by atoms with Crippen molar-refractivity contribution >= 4 is 45.3 Å². The minimum Gasteiger partial charge on any atom is -0.496 e. The molecule has 0 radical (unpaired) electrons. The van der Waals surface area contributed by atoms with Crippen molar-refractivity contribution in [2.24, 2.45) is 0 Å². The summed E-state index contributed by atoms with van der Waals surface area (Å²) in [4.78, 5) is 26.1. The molecule has 0 aliphatic heterocycles. The molecule has 0 bridgehead atoms. The van der Waals surface area contributed by atoms with Gasteiger partial charge in [-0.05, 0) is 40.6 Å². The molecule has 4 aromatic rings. The quantitative estimate of drug-likeness (QED) is 0.326. The van der Waals surface area contributed by atoms with Crippen molar-refractivity contribution in [2.75, 3.05) is 17.7 Å². The number of ether oxygens (including phenoxy) is 1. The molecule has 2 heterocycles. The molecule has 0 atom stereocenters. The Morgan fingerprint density at radius 3 is 2.42 bits per heavy atom. The molecule has 13 nitrogen and oxygen atoms in total. The van der Waals surface area contributed by atoms with Gasteiger partial charge in [0.25, 0.3) is 5.69 Å². The fourth-order valence-corrected chi connectivity index (χ4v) is 2.92. The van der Waals surface area contributed by atoms with Gasteiger partial charge in [-0.25, -0.2) is 9.61 Å². The molecular formula is C18H13N7O6. The Morgan fingerprint density at radius 1 is 0.935 bits per heavy atom. The van der Waals surface area contributed by atoms with Crippen LogP contribution < -0.4 is 15.4 Å². The van der Waals surface area contributed by atoms with E-state index in [1.807, 2.05) is 0 Å². The Hall–Kier alpha value is -4.81. The van der Waals surface area contributed by atoms with Crippen LogP contribution in [0, 0.1) is 20.2 Å². The largest absolute Gasteiger partial charge is 0.496 e. The van der Waals surface area contributed by atoms with Gasteiger partial charge in [0, 0.05) is 6.20 Å². The lowest BCUT2D eigenvalue weighted by atomic mass is 10.1. The topological polar surface area (TPSA) is 171 Å². The monoisotopic (exact) mass is 423 g/mol. The molecule has 0 aliphatic rings. The highest BCUT2D eigenvalue weighted by molar-refractivity contribution is 6.01. The summed E-state index contributed by atoms with van der Waals surface area (Å²) < 4.78 is 9.75. The van der Waals surface area contributed by atoms with Crippen LogP contribution in [0.15, 0.2) is 53.3 Å². The number of benzene rings is 2. The number of hydrogen-bond acceptors (Lipinski definition) is 11. The summed E-state index contributed by atoms with van der Waals surface area (Å²) in [7, 11) is 1.39. The average Bonchev–Trinajstić information content (AvgIpc) is 3.24. The van der Waals surface area contributed by atoms with Gasteiger partial charge in [-0.1, -0.05) is 6.07 Å². The molecule has 0 fully saturated rings. The molecule has 0 saturated heterocycles. The van der Waals surface area contributed by atoms with Gasteiger partial charge in [-0.3, -0.25) is 20.2 Å².